The van der Waals surface area contributed by atoms with Crippen LogP contribution in [0.3, 0.4) is 0 Å². The molecule has 0 bridgehead atoms. The molecule has 27 heavy (non-hydrogen) atoms. The van der Waals surface area contributed by atoms with Gasteiger partial charge in [0.1, 0.15) is 17.0 Å². The number of anilines is 1. The fraction of sp³-hybridized carbons (Fsp3) is 0.227. The molecule has 4 rings (SSSR count). The van der Waals surface area contributed by atoms with Crippen LogP contribution in [0.25, 0.3) is 16.3 Å². The average Bonchev–Trinajstić information content (AvgIpc) is 3.24. The molecule has 1 aromatic heterocycles. The van der Waals surface area contributed by atoms with Crippen LogP contribution >= 0.6 is 11.3 Å². The van der Waals surface area contributed by atoms with Gasteiger partial charge in [-0.25, -0.2) is 0 Å². The van der Waals surface area contributed by atoms with E-state index in [9.17, 15) is 0 Å². The van der Waals surface area contributed by atoms with Crippen molar-refractivity contribution >= 4 is 33.3 Å². The second-order valence-corrected chi connectivity index (χ2v) is 7.26. The van der Waals surface area contributed by atoms with Crippen molar-refractivity contribution in [3.8, 4) is 11.5 Å². The van der Waals surface area contributed by atoms with Gasteiger partial charge in [0.25, 0.3) is 5.01 Å². The van der Waals surface area contributed by atoms with E-state index in [0.717, 1.165) is 36.2 Å². The molecule has 0 N–H and O–H groups in total. The van der Waals surface area contributed by atoms with E-state index in [1.165, 1.54) is 15.2 Å². The summed E-state index contributed by atoms with van der Waals surface area (Å²) in [7, 11) is 1.68. The van der Waals surface area contributed by atoms with E-state index in [1.807, 2.05) is 24.3 Å². The van der Waals surface area contributed by atoms with Gasteiger partial charge >= 0.3 is 0 Å². The maximum absolute atomic E-state index is 6.04. The highest BCUT2D eigenvalue weighted by Gasteiger charge is 2.25. The highest BCUT2D eigenvalue weighted by atomic mass is 32.1. The summed E-state index contributed by atoms with van der Waals surface area (Å²) in [4.78, 5) is 2.15. The van der Waals surface area contributed by atoms with Crippen LogP contribution < -0.4 is 18.9 Å². The Kier molecular flexibility index (Phi) is 4.86. The van der Waals surface area contributed by atoms with Crippen LogP contribution in [0.2, 0.25) is 0 Å². The first-order valence-corrected chi connectivity index (χ1v) is 10.00. The molecule has 2 aromatic carbocycles. The lowest BCUT2D eigenvalue weighted by Gasteiger charge is -2.15. The second-order valence-electron chi connectivity index (χ2n) is 6.20. The third-order valence-corrected chi connectivity index (χ3v) is 5.81. The Morgan fingerprint density at radius 1 is 1.19 bits per heavy atom. The highest BCUT2D eigenvalue weighted by molar-refractivity contribution is 7.18. The molecule has 0 spiro atoms. The summed E-state index contributed by atoms with van der Waals surface area (Å²) in [5, 5.41) is 1.23. The van der Waals surface area contributed by atoms with Gasteiger partial charge in [-0.15, -0.1) is 0 Å². The molecule has 1 aliphatic heterocycles. The lowest BCUT2D eigenvalue weighted by molar-refractivity contribution is -0.665. The van der Waals surface area contributed by atoms with Gasteiger partial charge in [0.2, 0.25) is 11.4 Å². The number of hydrogen-bond acceptors (Lipinski definition) is 4. The molecule has 1 aliphatic rings. The molecule has 138 valence electrons. The standard InChI is InChI=1S/C22H23N2O2S/c1-4-23-18-15-16(25-3)13-14-19(18)26-21(23)11-8-12-22-24(5-2)17-9-6-7-10-20(17)27-22/h6-15H,4-5H2,1-3H3/q+1. The third-order valence-electron chi connectivity index (χ3n) is 4.68. The molecule has 0 saturated heterocycles. The molecule has 2 heterocycles. The van der Waals surface area contributed by atoms with Crippen molar-refractivity contribution in [3.05, 3.63) is 65.5 Å². The Morgan fingerprint density at radius 2 is 2.04 bits per heavy atom. The van der Waals surface area contributed by atoms with E-state index in [4.69, 9.17) is 9.47 Å². The highest BCUT2D eigenvalue weighted by Crippen LogP contribution is 2.41. The maximum atomic E-state index is 6.04. The minimum Gasteiger partial charge on any atom is -0.497 e. The number of allylic oxidation sites excluding steroid dienone is 2. The van der Waals surface area contributed by atoms with Crippen molar-refractivity contribution in [1.29, 1.82) is 0 Å². The van der Waals surface area contributed by atoms with Crippen LogP contribution in [-0.2, 0) is 6.54 Å². The fourth-order valence-corrected chi connectivity index (χ4v) is 4.51. The number of benzene rings is 2. The molecule has 0 unspecified atom stereocenters. The number of aryl methyl sites for hydroxylation is 1. The van der Waals surface area contributed by atoms with Crippen LogP contribution in [0.4, 0.5) is 5.69 Å². The van der Waals surface area contributed by atoms with E-state index in [-0.39, 0.29) is 0 Å². The molecular weight excluding hydrogens is 356 g/mol. The van der Waals surface area contributed by atoms with Crippen LogP contribution in [0.15, 0.2) is 60.5 Å². The van der Waals surface area contributed by atoms with Crippen LogP contribution in [0.5, 0.6) is 11.5 Å². The number of hydrogen-bond donors (Lipinski definition) is 0. The monoisotopic (exact) mass is 379 g/mol. The summed E-state index contributed by atoms with van der Waals surface area (Å²) in [6, 6.07) is 14.4. The number of para-hydroxylation sites is 1. The number of thiazole rings is 1. The average molecular weight is 380 g/mol. The number of rotatable bonds is 5. The predicted molar refractivity (Wildman–Crippen MR) is 111 cm³/mol. The van der Waals surface area contributed by atoms with Crippen LogP contribution in [0.1, 0.15) is 18.9 Å². The Balaban J connectivity index is 1.63. The van der Waals surface area contributed by atoms with Gasteiger partial charge in [-0.1, -0.05) is 23.5 Å². The van der Waals surface area contributed by atoms with Crippen LogP contribution in [0, 0.1) is 0 Å². The summed E-state index contributed by atoms with van der Waals surface area (Å²) in [6.45, 7) is 6.07. The minimum atomic E-state index is 0.831. The van der Waals surface area contributed by atoms with Crippen molar-refractivity contribution in [2.24, 2.45) is 0 Å². The van der Waals surface area contributed by atoms with E-state index in [2.05, 4.69) is 59.7 Å². The van der Waals surface area contributed by atoms with E-state index >= 15 is 0 Å². The first-order valence-electron chi connectivity index (χ1n) is 9.18. The number of nitrogens with zero attached hydrogens (tertiary/aromatic N) is 2. The molecule has 5 heteroatoms. The first-order chi connectivity index (χ1) is 13.2. The zero-order chi connectivity index (χ0) is 18.8. The number of methoxy groups -OCH3 is 1. The second kappa shape index (κ2) is 7.45. The van der Waals surface area contributed by atoms with E-state index in [1.54, 1.807) is 18.4 Å². The molecule has 0 fully saturated rings. The predicted octanol–water partition coefficient (Wildman–Crippen LogP) is 4.99. The number of fused-ring (bicyclic) bond motifs is 2. The normalized spacial score (nSPS) is 14.9. The van der Waals surface area contributed by atoms with Gasteiger partial charge in [-0.05, 0) is 44.2 Å². The maximum Gasteiger partial charge on any atom is 0.262 e. The summed E-state index contributed by atoms with van der Waals surface area (Å²) in [5.41, 5.74) is 2.33. The Bertz CT molecular complexity index is 1040. The summed E-state index contributed by atoms with van der Waals surface area (Å²) >= 11 is 1.81. The Morgan fingerprint density at radius 3 is 2.81 bits per heavy atom. The quantitative estimate of drug-likeness (QED) is 0.584. The molecule has 0 saturated carbocycles. The van der Waals surface area contributed by atoms with Gasteiger partial charge < -0.3 is 14.4 Å². The molecule has 0 amide bonds. The topological polar surface area (TPSA) is 25.6 Å². The SMILES string of the molecule is CCN1/C(=C/C=C/c2sc3ccccc3[n+]2CC)Oc2ccc(OC)cc21. The summed E-state index contributed by atoms with van der Waals surface area (Å²) in [5.74, 6) is 2.53. The van der Waals surface area contributed by atoms with Crippen molar-refractivity contribution in [3.63, 3.8) is 0 Å². The summed E-state index contributed by atoms with van der Waals surface area (Å²) < 4.78 is 15.0. The largest absolute Gasteiger partial charge is 0.497 e. The van der Waals surface area contributed by atoms with Crippen LogP contribution in [-0.4, -0.2) is 13.7 Å². The zero-order valence-corrected chi connectivity index (χ0v) is 16.6. The first kappa shape index (κ1) is 17.6. The summed E-state index contributed by atoms with van der Waals surface area (Å²) in [6.07, 6.45) is 6.25. The Labute approximate surface area is 163 Å². The Hall–Kier alpha value is -2.79. The molecule has 0 atom stereocenters. The molecular formula is C22H23N2O2S+. The molecule has 0 aliphatic carbocycles. The van der Waals surface area contributed by atoms with Crippen molar-refractivity contribution < 1.29 is 14.0 Å². The third kappa shape index (κ3) is 3.19. The zero-order valence-electron chi connectivity index (χ0n) is 15.8. The lowest BCUT2D eigenvalue weighted by Crippen LogP contribution is -2.33. The van der Waals surface area contributed by atoms with Gasteiger partial charge in [0.05, 0.1) is 12.8 Å². The number of aromatic nitrogens is 1. The van der Waals surface area contributed by atoms with Gasteiger partial charge in [-0.2, -0.15) is 4.57 Å². The van der Waals surface area contributed by atoms with E-state index < -0.39 is 0 Å². The lowest BCUT2D eigenvalue weighted by atomic mass is 10.2. The smallest absolute Gasteiger partial charge is 0.262 e. The van der Waals surface area contributed by atoms with Gasteiger partial charge in [0.15, 0.2) is 5.75 Å². The van der Waals surface area contributed by atoms with E-state index in [0.29, 0.717) is 0 Å². The molecule has 3 aromatic rings. The van der Waals surface area contributed by atoms with Crippen molar-refractivity contribution in [2.75, 3.05) is 18.6 Å². The van der Waals surface area contributed by atoms with Gasteiger partial charge in [0, 0.05) is 24.8 Å². The molecule has 0 radical (unpaired) electrons. The van der Waals surface area contributed by atoms with Gasteiger partial charge in [-0.3, -0.25) is 0 Å². The van der Waals surface area contributed by atoms with Crippen molar-refractivity contribution in [2.45, 2.75) is 20.4 Å². The minimum absolute atomic E-state index is 0.831. The van der Waals surface area contributed by atoms with Crippen molar-refractivity contribution in [1.82, 2.24) is 0 Å². The fourth-order valence-electron chi connectivity index (χ4n) is 3.37. The molecule has 4 nitrogen and oxygen atoms in total. The number of ether oxygens (including phenoxy) is 2.